The summed E-state index contributed by atoms with van der Waals surface area (Å²) in [6, 6.07) is 13.3. The number of carbonyl (C=O) groups excluding carboxylic acids is 2. The summed E-state index contributed by atoms with van der Waals surface area (Å²) < 4.78 is 13.4. The van der Waals surface area contributed by atoms with Gasteiger partial charge in [0.05, 0.1) is 6.61 Å². The minimum atomic E-state index is -1.06. The van der Waals surface area contributed by atoms with E-state index < -0.39 is 29.2 Å². The molecule has 0 aliphatic heterocycles. The molecule has 2 amide bonds. The highest BCUT2D eigenvalue weighted by Gasteiger charge is 2.32. The molecule has 0 aliphatic carbocycles. The summed E-state index contributed by atoms with van der Waals surface area (Å²) in [5, 5.41) is 12.3. The topological polar surface area (TPSA) is 69.6 Å². The molecule has 152 valence electrons. The second-order valence-electron chi connectivity index (χ2n) is 7.53. The zero-order valence-corrected chi connectivity index (χ0v) is 16.8. The third-order valence-corrected chi connectivity index (χ3v) is 3.93. The maximum atomic E-state index is 13.4. The van der Waals surface area contributed by atoms with Gasteiger partial charge in [-0.1, -0.05) is 36.3 Å². The van der Waals surface area contributed by atoms with Crippen molar-refractivity contribution in [1.29, 1.82) is 0 Å². The van der Waals surface area contributed by atoms with E-state index in [0.717, 1.165) is 0 Å². The fraction of sp³-hybridized carbons (Fsp3) is 0.304. The van der Waals surface area contributed by atoms with Crippen LogP contribution in [0.1, 0.15) is 37.9 Å². The molecule has 29 heavy (non-hydrogen) atoms. The minimum absolute atomic E-state index is 0.0953. The third-order valence-electron chi connectivity index (χ3n) is 3.93. The van der Waals surface area contributed by atoms with Crippen LogP contribution < -0.4 is 5.32 Å². The lowest BCUT2D eigenvalue weighted by molar-refractivity contribution is -0.138. The first-order chi connectivity index (χ1) is 13.7. The van der Waals surface area contributed by atoms with E-state index in [2.05, 4.69) is 17.2 Å². The highest BCUT2D eigenvalue weighted by atomic mass is 19.1. The SMILES string of the molecule is CC(C)(C)NC(=O)C(c1ccc(F)cc1)N(CCO)C(=O)C#Cc1ccccc1. The van der Waals surface area contributed by atoms with Gasteiger partial charge < -0.3 is 15.3 Å². The van der Waals surface area contributed by atoms with Crippen LogP contribution in [-0.4, -0.2) is 40.5 Å². The van der Waals surface area contributed by atoms with Gasteiger partial charge in [-0.3, -0.25) is 9.59 Å². The Bertz CT molecular complexity index is 894. The van der Waals surface area contributed by atoms with Gasteiger partial charge in [0.25, 0.3) is 5.91 Å². The van der Waals surface area contributed by atoms with Gasteiger partial charge in [0.1, 0.15) is 11.9 Å². The van der Waals surface area contributed by atoms with E-state index in [1.165, 1.54) is 29.2 Å². The van der Waals surface area contributed by atoms with Crippen molar-refractivity contribution >= 4 is 11.8 Å². The van der Waals surface area contributed by atoms with Crippen molar-refractivity contribution in [1.82, 2.24) is 10.2 Å². The lowest BCUT2D eigenvalue weighted by atomic mass is 10.0. The lowest BCUT2D eigenvalue weighted by Crippen LogP contribution is -2.49. The highest BCUT2D eigenvalue weighted by molar-refractivity contribution is 5.98. The molecule has 1 atom stereocenters. The van der Waals surface area contributed by atoms with E-state index in [1.807, 2.05) is 26.8 Å². The molecule has 6 heteroatoms. The molecule has 0 radical (unpaired) electrons. The largest absolute Gasteiger partial charge is 0.395 e. The number of amides is 2. The Morgan fingerprint density at radius 1 is 1.10 bits per heavy atom. The Hall–Kier alpha value is -3.17. The molecule has 2 N–H and O–H groups in total. The molecule has 2 aromatic carbocycles. The summed E-state index contributed by atoms with van der Waals surface area (Å²) in [4.78, 5) is 27.1. The molecule has 2 aromatic rings. The van der Waals surface area contributed by atoms with Gasteiger partial charge in [0.2, 0.25) is 5.91 Å². The average molecular weight is 396 g/mol. The van der Waals surface area contributed by atoms with Crippen LogP contribution in [0.15, 0.2) is 54.6 Å². The summed E-state index contributed by atoms with van der Waals surface area (Å²) in [6.45, 7) is 5.02. The van der Waals surface area contributed by atoms with Crippen LogP contribution in [0, 0.1) is 17.7 Å². The quantitative estimate of drug-likeness (QED) is 0.764. The first-order valence-electron chi connectivity index (χ1n) is 9.27. The number of benzene rings is 2. The molecule has 0 spiro atoms. The predicted molar refractivity (Wildman–Crippen MR) is 109 cm³/mol. The van der Waals surface area contributed by atoms with E-state index >= 15 is 0 Å². The van der Waals surface area contributed by atoms with Crippen molar-refractivity contribution in [2.45, 2.75) is 32.4 Å². The van der Waals surface area contributed by atoms with E-state index in [4.69, 9.17) is 0 Å². The Morgan fingerprint density at radius 3 is 2.28 bits per heavy atom. The zero-order chi connectivity index (χ0) is 21.4. The molecule has 0 saturated heterocycles. The van der Waals surface area contributed by atoms with Crippen molar-refractivity contribution in [2.75, 3.05) is 13.2 Å². The summed E-state index contributed by atoms with van der Waals surface area (Å²) in [6.07, 6.45) is 0. The first kappa shape index (κ1) is 22.1. The number of nitrogens with zero attached hydrogens (tertiary/aromatic N) is 1. The molecule has 0 aliphatic rings. The number of nitrogens with one attached hydrogen (secondary N) is 1. The maximum absolute atomic E-state index is 13.4. The van der Waals surface area contributed by atoms with E-state index in [9.17, 15) is 19.1 Å². The van der Waals surface area contributed by atoms with Crippen molar-refractivity contribution in [3.63, 3.8) is 0 Å². The van der Waals surface area contributed by atoms with Gasteiger partial charge in [-0.15, -0.1) is 0 Å². The van der Waals surface area contributed by atoms with Crippen LogP contribution >= 0.6 is 0 Å². The summed E-state index contributed by atoms with van der Waals surface area (Å²) in [7, 11) is 0. The Morgan fingerprint density at radius 2 is 1.72 bits per heavy atom. The number of hydrogen-bond acceptors (Lipinski definition) is 3. The molecular formula is C23H25FN2O3. The van der Waals surface area contributed by atoms with Crippen LogP contribution in [0.5, 0.6) is 0 Å². The number of hydrogen-bond donors (Lipinski definition) is 2. The molecular weight excluding hydrogens is 371 g/mol. The Balaban J connectivity index is 2.42. The van der Waals surface area contributed by atoms with E-state index in [1.54, 1.807) is 24.3 Å². The smallest absolute Gasteiger partial charge is 0.299 e. The van der Waals surface area contributed by atoms with Crippen molar-refractivity contribution in [3.05, 3.63) is 71.5 Å². The fourth-order valence-corrected chi connectivity index (χ4v) is 2.73. The van der Waals surface area contributed by atoms with Crippen LogP contribution in [-0.2, 0) is 9.59 Å². The lowest BCUT2D eigenvalue weighted by Gasteiger charge is -2.32. The van der Waals surface area contributed by atoms with Gasteiger partial charge in [-0.05, 0) is 50.6 Å². The van der Waals surface area contributed by atoms with Crippen LogP contribution in [0.4, 0.5) is 4.39 Å². The van der Waals surface area contributed by atoms with Crippen molar-refractivity contribution < 1.29 is 19.1 Å². The van der Waals surface area contributed by atoms with Crippen molar-refractivity contribution in [2.24, 2.45) is 0 Å². The predicted octanol–water partition coefficient (Wildman–Crippen LogP) is 2.65. The fourth-order valence-electron chi connectivity index (χ4n) is 2.73. The molecule has 0 bridgehead atoms. The zero-order valence-electron chi connectivity index (χ0n) is 16.8. The highest BCUT2D eigenvalue weighted by Crippen LogP contribution is 2.23. The molecule has 5 nitrogen and oxygen atoms in total. The average Bonchev–Trinajstić information content (AvgIpc) is 2.66. The van der Waals surface area contributed by atoms with Gasteiger partial charge in [-0.2, -0.15) is 0 Å². The number of aliphatic hydroxyl groups excluding tert-OH is 1. The Kier molecular flexibility index (Phi) is 7.52. The minimum Gasteiger partial charge on any atom is -0.395 e. The van der Waals surface area contributed by atoms with Gasteiger partial charge in [-0.25, -0.2) is 4.39 Å². The summed E-state index contributed by atoms with van der Waals surface area (Å²) in [5.74, 6) is 3.81. The maximum Gasteiger partial charge on any atom is 0.299 e. The van der Waals surface area contributed by atoms with Crippen LogP contribution in [0.2, 0.25) is 0 Å². The normalized spacial score (nSPS) is 11.8. The molecule has 0 fully saturated rings. The molecule has 0 saturated carbocycles. The third kappa shape index (κ3) is 6.74. The molecule has 2 rings (SSSR count). The number of aliphatic hydroxyl groups is 1. The van der Waals surface area contributed by atoms with Gasteiger partial charge >= 0.3 is 0 Å². The van der Waals surface area contributed by atoms with Crippen molar-refractivity contribution in [3.8, 4) is 11.8 Å². The Labute approximate surface area is 170 Å². The number of carbonyl (C=O) groups is 2. The summed E-state index contributed by atoms with van der Waals surface area (Å²) in [5.41, 5.74) is 0.540. The van der Waals surface area contributed by atoms with Gasteiger partial charge in [0.15, 0.2) is 0 Å². The summed E-state index contributed by atoms with van der Waals surface area (Å²) >= 11 is 0. The number of rotatable bonds is 5. The number of halogens is 1. The van der Waals surface area contributed by atoms with E-state index in [0.29, 0.717) is 11.1 Å². The molecule has 0 heterocycles. The standard InChI is InChI=1S/C23H25FN2O3/c1-23(2,3)25-22(29)21(18-10-12-19(24)13-11-18)26(15-16-27)20(28)14-9-17-7-5-4-6-8-17/h4-8,10-13,21,27H,15-16H2,1-3H3,(H,25,29). The first-order valence-corrected chi connectivity index (χ1v) is 9.27. The van der Waals surface area contributed by atoms with Gasteiger partial charge in [0, 0.05) is 23.6 Å². The monoisotopic (exact) mass is 396 g/mol. The second-order valence-corrected chi connectivity index (χ2v) is 7.53. The second kappa shape index (κ2) is 9.85. The van der Waals surface area contributed by atoms with Crippen LogP contribution in [0.25, 0.3) is 0 Å². The van der Waals surface area contributed by atoms with E-state index in [-0.39, 0.29) is 13.2 Å². The molecule has 0 aromatic heterocycles. The molecule has 1 unspecified atom stereocenters. The van der Waals surface area contributed by atoms with Crippen LogP contribution in [0.3, 0.4) is 0 Å².